The second-order valence-electron chi connectivity index (χ2n) is 4.87. The molecule has 0 atom stereocenters. The van der Waals surface area contributed by atoms with Gasteiger partial charge in [-0.1, -0.05) is 37.5 Å². The highest BCUT2D eigenvalue weighted by Crippen LogP contribution is 2.22. The van der Waals surface area contributed by atoms with E-state index in [1.54, 1.807) is 0 Å². The Kier molecular flexibility index (Phi) is 5.94. The van der Waals surface area contributed by atoms with E-state index in [1.807, 2.05) is 11.8 Å². The number of hydrogen-bond donors (Lipinski definition) is 1. The predicted octanol–water partition coefficient (Wildman–Crippen LogP) is 3.95. The van der Waals surface area contributed by atoms with E-state index < -0.39 is 0 Å². The van der Waals surface area contributed by atoms with Crippen LogP contribution in [0.2, 0.25) is 0 Å². The van der Waals surface area contributed by atoms with Gasteiger partial charge in [0.15, 0.2) is 0 Å². The molecule has 1 saturated carbocycles. The molecule has 1 fully saturated rings. The van der Waals surface area contributed by atoms with Gasteiger partial charge in [0.1, 0.15) is 0 Å². The third-order valence-corrected chi connectivity index (χ3v) is 4.46. The van der Waals surface area contributed by atoms with Crippen LogP contribution >= 0.6 is 11.8 Å². The van der Waals surface area contributed by atoms with E-state index in [2.05, 4.69) is 35.6 Å². The molecule has 0 amide bonds. The molecule has 0 aliphatic heterocycles. The lowest BCUT2D eigenvalue weighted by atomic mass is 9.89. The lowest BCUT2D eigenvalue weighted by molar-refractivity contribution is 0.345. The normalized spacial score (nSPS) is 17.2. The fraction of sp³-hybridized carbons (Fsp3) is 0.600. The van der Waals surface area contributed by atoms with Crippen LogP contribution in [0.15, 0.2) is 35.2 Å². The van der Waals surface area contributed by atoms with Gasteiger partial charge in [0.05, 0.1) is 0 Å². The fourth-order valence-electron chi connectivity index (χ4n) is 2.46. The van der Waals surface area contributed by atoms with E-state index >= 15 is 0 Å². The van der Waals surface area contributed by atoms with Crippen LogP contribution in [0.25, 0.3) is 0 Å². The van der Waals surface area contributed by atoms with Gasteiger partial charge in [-0.05, 0) is 37.4 Å². The predicted molar refractivity (Wildman–Crippen MR) is 76.6 cm³/mol. The first-order valence-electron chi connectivity index (χ1n) is 6.84. The zero-order chi connectivity index (χ0) is 11.8. The van der Waals surface area contributed by atoms with Gasteiger partial charge in [0, 0.05) is 17.2 Å². The molecule has 0 aromatic heterocycles. The molecular weight excluding hydrogens is 226 g/mol. The number of nitrogens with one attached hydrogen (secondary N) is 1. The second kappa shape index (κ2) is 7.78. The van der Waals surface area contributed by atoms with Gasteiger partial charge >= 0.3 is 0 Å². The Hall–Kier alpha value is -0.470. The van der Waals surface area contributed by atoms with Crippen LogP contribution in [-0.4, -0.2) is 18.8 Å². The Labute approximate surface area is 109 Å². The van der Waals surface area contributed by atoms with E-state index in [-0.39, 0.29) is 0 Å². The Morgan fingerprint density at radius 1 is 1.06 bits per heavy atom. The molecule has 0 radical (unpaired) electrons. The van der Waals surface area contributed by atoms with Gasteiger partial charge in [-0.2, -0.15) is 0 Å². The van der Waals surface area contributed by atoms with Crippen molar-refractivity contribution in [2.75, 3.05) is 18.8 Å². The summed E-state index contributed by atoms with van der Waals surface area (Å²) in [4.78, 5) is 1.38. The standard InChI is InChI=1S/C15H23NS/c1-3-7-14(8-4-1)13-16-11-12-17-15-9-5-2-6-10-15/h2,5-6,9-10,14,16H,1,3-4,7-8,11-13H2. The third kappa shape index (κ3) is 5.13. The molecule has 0 saturated heterocycles. The maximum absolute atomic E-state index is 3.60. The summed E-state index contributed by atoms with van der Waals surface area (Å²) in [5, 5.41) is 3.60. The Morgan fingerprint density at radius 3 is 2.59 bits per heavy atom. The molecule has 1 aliphatic rings. The first kappa shape index (κ1) is 13.0. The molecule has 0 heterocycles. The first-order chi connectivity index (χ1) is 8.45. The fourth-order valence-corrected chi connectivity index (χ4v) is 3.29. The number of rotatable bonds is 6. The average molecular weight is 249 g/mol. The Bertz CT molecular complexity index is 293. The van der Waals surface area contributed by atoms with E-state index in [4.69, 9.17) is 0 Å². The molecule has 0 bridgehead atoms. The molecule has 2 heteroatoms. The third-order valence-electron chi connectivity index (χ3n) is 3.45. The lowest BCUT2D eigenvalue weighted by Crippen LogP contribution is -2.26. The second-order valence-corrected chi connectivity index (χ2v) is 6.04. The quantitative estimate of drug-likeness (QED) is 0.605. The van der Waals surface area contributed by atoms with Gasteiger partial charge < -0.3 is 5.32 Å². The lowest BCUT2D eigenvalue weighted by Gasteiger charge is -2.21. The van der Waals surface area contributed by atoms with Crippen molar-refractivity contribution in [3.8, 4) is 0 Å². The molecule has 1 aromatic carbocycles. The summed E-state index contributed by atoms with van der Waals surface area (Å²) in [6, 6.07) is 10.7. The van der Waals surface area contributed by atoms with E-state index in [0.717, 1.165) is 12.5 Å². The van der Waals surface area contributed by atoms with Crippen molar-refractivity contribution < 1.29 is 0 Å². The van der Waals surface area contributed by atoms with Crippen molar-refractivity contribution in [3.05, 3.63) is 30.3 Å². The summed E-state index contributed by atoms with van der Waals surface area (Å²) in [6.07, 6.45) is 7.24. The first-order valence-corrected chi connectivity index (χ1v) is 7.82. The molecular formula is C15H23NS. The van der Waals surface area contributed by atoms with Crippen LogP contribution in [0.5, 0.6) is 0 Å². The van der Waals surface area contributed by atoms with Crippen molar-refractivity contribution in [1.82, 2.24) is 5.32 Å². The van der Waals surface area contributed by atoms with E-state index in [9.17, 15) is 0 Å². The van der Waals surface area contributed by atoms with Crippen LogP contribution in [0.4, 0.5) is 0 Å². The maximum atomic E-state index is 3.60. The molecule has 1 nitrogen and oxygen atoms in total. The number of thioether (sulfide) groups is 1. The Balaban J connectivity index is 1.51. The molecule has 1 aromatic rings. The van der Waals surface area contributed by atoms with Crippen LogP contribution in [0.3, 0.4) is 0 Å². The minimum absolute atomic E-state index is 0.950. The summed E-state index contributed by atoms with van der Waals surface area (Å²) in [6.45, 7) is 2.37. The number of hydrogen-bond acceptors (Lipinski definition) is 2. The minimum atomic E-state index is 0.950. The molecule has 2 rings (SSSR count). The topological polar surface area (TPSA) is 12.0 Å². The van der Waals surface area contributed by atoms with Crippen LogP contribution in [0.1, 0.15) is 32.1 Å². The Morgan fingerprint density at radius 2 is 1.82 bits per heavy atom. The van der Waals surface area contributed by atoms with Crippen molar-refractivity contribution in [2.45, 2.75) is 37.0 Å². The van der Waals surface area contributed by atoms with Crippen molar-refractivity contribution in [3.63, 3.8) is 0 Å². The van der Waals surface area contributed by atoms with Crippen LogP contribution in [0, 0.1) is 5.92 Å². The molecule has 94 valence electrons. The van der Waals surface area contributed by atoms with Crippen LogP contribution in [-0.2, 0) is 0 Å². The summed E-state index contributed by atoms with van der Waals surface area (Å²) in [5.74, 6) is 2.13. The minimum Gasteiger partial charge on any atom is -0.316 e. The monoisotopic (exact) mass is 249 g/mol. The smallest absolute Gasteiger partial charge is 0.0106 e. The molecule has 17 heavy (non-hydrogen) atoms. The molecule has 1 N–H and O–H groups in total. The summed E-state index contributed by atoms with van der Waals surface area (Å²) in [5.41, 5.74) is 0. The highest BCUT2D eigenvalue weighted by atomic mass is 32.2. The maximum Gasteiger partial charge on any atom is 0.0106 e. The molecule has 0 spiro atoms. The van der Waals surface area contributed by atoms with Gasteiger partial charge in [-0.15, -0.1) is 11.8 Å². The summed E-state index contributed by atoms with van der Waals surface area (Å²) < 4.78 is 0. The SMILES string of the molecule is c1ccc(SCCNCC2CCCCC2)cc1. The van der Waals surface area contributed by atoms with Crippen molar-refractivity contribution in [1.29, 1.82) is 0 Å². The summed E-state index contributed by atoms with van der Waals surface area (Å²) in [7, 11) is 0. The molecule has 0 unspecified atom stereocenters. The zero-order valence-corrected chi connectivity index (χ0v) is 11.3. The highest BCUT2D eigenvalue weighted by Gasteiger charge is 2.12. The van der Waals surface area contributed by atoms with Gasteiger partial charge in [0.2, 0.25) is 0 Å². The highest BCUT2D eigenvalue weighted by molar-refractivity contribution is 7.99. The molecule has 1 aliphatic carbocycles. The van der Waals surface area contributed by atoms with Gasteiger partial charge in [0.25, 0.3) is 0 Å². The van der Waals surface area contributed by atoms with Gasteiger partial charge in [-0.25, -0.2) is 0 Å². The van der Waals surface area contributed by atoms with Crippen molar-refractivity contribution >= 4 is 11.8 Å². The average Bonchev–Trinajstić information content (AvgIpc) is 2.41. The largest absolute Gasteiger partial charge is 0.316 e. The number of benzene rings is 1. The van der Waals surface area contributed by atoms with Crippen molar-refractivity contribution in [2.24, 2.45) is 5.92 Å². The van der Waals surface area contributed by atoms with E-state index in [1.165, 1.54) is 49.3 Å². The summed E-state index contributed by atoms with van der Waals surface area (Å²) >= 11 is 1.94. The van der Waals surface area contributed by atoms with E-state index in [0.29, 0.717) is 0 Å². The van der Waals surface area contributed by atoms with Crippen LogP contribution < -0.4 is 5.32 Å². The van der Waals surface area contributed by atoms with Gasteiger partial charge in [-0.3, -0.25) is 0 Å². The zero-order valence-electron chi connectivity index (χ0n) is 10.5.